The molecule has 2 heterocycles. The van der Waals surface area contributed by atoms with Crippen LogP contribution in [0, 0.1) is 0 Å². The molecule has 0 aromatic carbocycles. The molecule has 0 aliphatic carbocycles. The van der Waals surface area contributed by atoms with Crippen molar-refractivity contribution in [2.45, 2.75) is 12.8 Å². The molecule has 12 heavy (non-hydrogen) atoms. The third-order valence-corrected chi connectivity index (χ3v) is 2.59. The molecule has 2 nitrogen and oxygen atoms in total. The largest absolute Gasteiger partial charge is 0.316 e. The van der Waals surface area contributed by atoms with Crippen LogP contribution in [0.4, 0.5) is 0 Å². The minimum Gasteiger partial charge on any atom is -0.316 e. The van der Waals surface area contributed by atoms with Crippen molar-refractivity contribution in [2.24, 2.45) is 0 Å². The van der Waals surface area contributed by atoms with E-state index < -0.39 is 0 Å². The Kier molecular flexibility index (Phi) is 2.42. The number of hydrogen-bond acceptors (Lipinski definition) is 2. The summed E-state index contributed by atoms with van der Waals surface area (Å²) in [5, 5.41) is 3.36. The van der Waals surface area contributed by atoms with Crippen LogP contribution >= 0.6 is 15.9 Å². The number of fused-ring (bicyclic) bond motifs is 1. The fourth-order valence-corrected chi connectivity index (χ4v) is 1.85. The summed E-state index contributed by atoms with van der Waals surface area (Å²) in [6.07, 6.45) is 2.16. The van der Waals surface area contributed by atoms with Gasteiger partial charge in [0.25, 0.3) is 0 Å². The molecular weight excluding hydrogens is 216 g/mol. The predicted octanol–water partition coefficient (Wildman–Crippen LogP) is 1.53. The normalized spacial score (nSPS) is 16.8. The molecule has 0 amide bonds. The van der Waals surface area contributed by atoms with E-state index in [0.29, 0.717) is 0 Å². The van der Waals surface area contributed by atoms with E-state index in [-0.39, 0.29) is 0 Å². The van der Waals surface area contributed by atoms with Crippen molar-refractivity contribution in [2.75, 3.05) is 13.1 Å². The molecule has 0 unspecified atom stereocenters. The zero-order valence-corrected chi connectivity index (χ0v) is 8.39. The molecule has 0 atom stereocenters. The van der Waals surface area contributed by atoms with E-state index in [1.54, 1.807) is 0 Å². The molecule has 3 heteroatoms. The van der Waals surface area contributed by atoms with E-state index in [1.807, 2.05) is 6.07 Å². The molecule has 1 aliphatic rings. The summed E-state index contributed by atoms with van der Waals surface area (Å²) in [5.74, 6) is 0. The van der Waals surface area contributed by atoms with Crippen LogP contribution in [-0.4, -0.2) is 18.1 Å². The van der Waals surface area contributed by atoms with Crippen LogP contribution in [-0.2, 0) is 12.8 Å². The molecule has 1 aromatic heterocycles. The van der Waals surface area contributed by atoms with Crippen molar-refractivity contribution in [1.29, 1.82) is 0 Å². The second-order valence-corrected chi connectivity index (χ2v) is 3.80. The Labute approximate surface area is 80.5 Å². The molecule has 1 N–H and O–H groups in total. The lowest BCUT2D eigenvalue weighted by atomic mass is 10.1. The standard InChI is InChI=1S/C9H11BrN2/c10-9-2-1-7-3-5-11-6-4-8(7)12-9/h1-2,11H,3-6H2. The summed E-state index contributed by atoms with van der Waals surface area (Å²) in [7, 11) is 0. The molecule has 0 radical (unpaired) electrons. The van der Waals surface area contributed by atoms with Gasteiger partial charge in [0.2, 0.25) is 0 Å². The van der Waals surface area contributed by atoms with Gasteiger partial charge < -0.3 is 5.32 Å². The Hall–Kier alpha value is -0.410. The number of hydrogen-bond donors (Lipinski definition) is 1. The Balaban J connectivity index is 2.36. The Morgan fingerprint density at radius 3 is 3.00 bits per heavy atom. The van der Waals surface area contributed by atoms with E-state index in [1.165, 1.54) is 11.3 Å². The van der Waals surface area contributed by atoms with Crippen molar-refractivity contribution in [3.63, 3.8) is 0 Å². The summed E-state index contributed by atoms with van der Waals surface area (Å²) in [4.78, 5) is 4.45. The summed E-state index contributed by atoms with van der Waals surface area (Å²) in [6, 6.07) is 4.18. The number of pyridine rings is 1. The van der Waals surface area contributed by atoms with Gasteiger partial charge in [-0.2, -0.15) is 0 Å². The van der Waals surface area contributed by atoms with Gasteiger partial charge in [-0.05, 0) is 40.5 Å². The first kappa shape index (κ1) is 8.20. The fraction of sp³-hybridized carbons (Fsp3) is 0.444. The first-order valence-corrected chi connectivity index (χ1v) is 5.00. The van der Waals surface area contributed by atoms with Crippen molar-refractivity contribution in [1.82, 2.24) is 10.3 Å². The van der Waals surface area contributed by atoms with Crippen molar-refractivity contribution in [3.05, 3.63) is 28.0 Å². The number of nitrogens with zero attached hydrogens (tertiary/aromatic N) is 1. The van der Waals surface area contributed by atoms with Gasteiger partial charge in [-0.15, -0.1) is 0 Å². The van der Waals surface area contributed by atoms with Crippen LogP contribution in [0.25, 0.3) is 0 Å². The van der Waals surface area contributed by atoms with Crippen molar-refractivity contribution >= 4 is 15.9 Å². The van der Waals surface area contributed by atoms with Crippen LogP contribution in [0.3, 0.4) is 0 Å². The molecule has 0 saturated carbocycles. The molecule has 1 aliphatic heterocycles. The summed E-state index contributed by atoms with van der Waals surface area (Å²) in [5.41, 5.74) is 2.64. The highest BCUT2D eigenvalue weighted by molar-refractivity contribution is 9.10. The lowest BCUT2D eigenvalue weighted by molar-refractivity contribution is 0.708. The maximum atomic E-state index is 4.45. The Bertz CT molecular complexity index is 286. The minimum absolute atomic E-state index is 0.947. The highest BCUT2D eigenvalue weighted by atomic mass is 79.9. The number of rotatable bonds is 0. The zero-order valence-electron chi connectivity index (χ0n) is 6.81. The summed E-state index contributed by atoms with van der Waals surface area (Å²) >= 11 is 3.38. The third-order valence-electron chi connectivity index (χ3n) is 2.14. The SMILES string of the molecule is Brc1ccc2c(n1)CCNCC2. The van der Waals surface area contributed by atoms with E-state index in [2.05, 4.69) is 32.3 Å². The molecule has 0 saturated heterocycles. The zero-order chi connectivity index (χ0) is 8.39. The first-order chi connectivity index (χ1) is 5.86. The topological polar surface area (TPSA) is 24.9 Å². The van der Waals surface area contributed by atoms with Crippen LogP contribution in [0.2, 0.25) is 0 Å². The molecule has 0 bridgehead atoms. The fourth-order valence-electron chi connectivity index (χ4n) is 1.50. The lowest BCUT2D eigenvalue weighted by Crippen LogP contribution is -2.16. The maximum Gasteiger partial charge on any atom is 0.106 e. The number of aromatic nitrogens is 1. The Morgan fingerprint density at radius 1 is 1.25 bits per heavy atom. The van der Waals surface area contributed by atoms with Crippen molar-refractivity contribution < 1.29 is 0 Å². The quantitative estimate of drug-likeness (QED) is 0.680. The maximum absolute atomic E-state index is 4.45. The van der Waals surface area contributed by atoms with Gasteiger partial charge in [0.05, 0.1) is 0 Å². The van der Waals surface area contributed by atoms with Crippen LogP contribution in [0.1, 0.15) is 11.3 Å². The summed E-state index contributed by atoms with van der Waals surface area (Å²) < 4.78 is 0.947. The third kappa shape index (κ3) is 1.67. The van der Waals surface area contributed by atoms with E-state index in [0.717, 1.165) is 30.5 Å². The van der Waals surface area contributed by atoms with Gasteiger partial charge in [-0.25, -0.2) is 4.98 Å². The number of halogens is 1. The molecule has 0 fully saturated rings. The van der Waals surface area contributed by atoms with Crippen LogP contribution in [0.15, 0.2) is 16.7 Å². The van der Waals surface area contributed by atoms with Gasteiger partial charge >= 0.3 is 0 Å². The van der Waals surface area contributed by atoms with E-state index >= 15 is 0 Å². The molecule has 0 spiro atoms. The lowest BCUT2D eigenvalue weighted by Gasteiger charge is -2.02. The number of nitrogens with one attached hydrogen (secondary N) is 1. The van der Waals surface area contributed by atoms with Gasteiger partial charge in [0.15, 0.2) is 0 Å². The van der Waals surface area contributed by atoms with E-state index in [4.69, 9.17) is 0 Å². The van der Waals surface area contributed by atoms with Gasteiger partial charge in [-0.3, -0.25) is 0 Å². The van der Waals surface area contributed by atoms with Crippen LogP contribution < -0.4 is 5.32 Å². The monoisotopic (exact) mass is 226 g/mol. The van der Waals surface area contributed by atoms with Gasteiger partial charge in [0, 0.05) is 18.7 Å². The minimum atomic E-state index is 0.947. The second-order valence-electron chi connectivity index (χ2n) is 2.99. The molecule has 1 aromatic rings. The van der Waals surface area contributed by atoms with Gasteiger partial charge in [0.1, 0.15) is 4.60 Å². The summed E-state index contributed by atoms with van der Waals surface area (Å²) in [6.45, 7) is 2.13. The average Bonchev–Trinajstić information content (AvgIpc) is 2.28. The smallest absolute Gasteiger partial charge is 0.106 e. The molecular formula is C9H11BrN2. The molecule has 64 valence electrons. The highest BCUT2D eigenvalue weighted by Crippen LogP contribution is 2.14. The van der Waals surface area contributed by atoms with Gasteiger partial charge in [-0.1, -0.05) is 6.07 Å². The average molecular weight is 227 g/mol. The van der Waals surface area contributed by atoms with E-state index in [9.17, 15) is 0 Å². The highest BCUT2D eigenvalue weighted by Gasteiger charge is 2.07. The van der Waals surface area contributed by atoms with Crippen molar-refractivity contribution in [3.8, 4) is 0 Å². The van der Waals surface area contributed by atoms with Crippen LogP contribution in [0.5, 0.6) is 0 Å². The predicted molar refractivity (Wildman–Crippen MR) is 52.2 cm³/mol. The first-order valence-electron chi connectivity index (χ1n) is 4.21. The molecule has 2 rings (SSSR count). The second kappa shape index (κ2) is 3.54. The Morgan fingerprint density at radius 2 is 2.08 bits per heavy atom.